The monoisotopic (exact) mass is 569 g/mol. The van der Waals surface area contributed by atoms with Gasteiger partial charge in [0.05, 0.1) is 10.6 Å². The van der Waals surface area contributed by atoms with Crippen molar-refractivity contribution in [2.45, 2.75) is 64.1 Å². The Morgan fingerprint density at radius 1 is 0.949 bits per heavy atom. The molecule has 0 aromatic heterocycles. The van der Waals surface area contributed by atoms with E-state index in [1.165, 1.54) is 17.0 Å². The minimum Gasteiger partial charge on any atom is -0.350 e. The van der Waals surface area contributed by atoms with Crippen molar-refractivity contribution >= 4 is 39.1 Å². The average molecular weight is 570 g/mol. The Morgan fingerprint density at radius 2 is 1.59 bits per heavy atom. The summed E-state index contributed by atoms with van der Waals surface area (Å²) in [5.41, 5.74) is 1.41. The maximum absolute atomic E-state index is 14.0. The molecule has 3 aromatic rings. The van der Waals surface area contributed by atoms with Gasteiger partial charge in [-0.2, -0.15) is 0 Å². The summed E-state index contributed by atoms with van der Waals surface area (Å²) < 4.78 is 29.0. The van der Waals surface area contributed by atoms with Crippen LogP contribution in [0.1, 0.15) is 45.7 Å². The fourth-order valence-electron chi connectivity index (χ4n) is 4.17. The number of anilines is 1. The summed E-state index contributed by atoms with van der Waals surface area (Å²) in [6, 6.07) is 21.3. The van der Waals surface area contributed by atoms with Crippen molar-refractivity contribution in [2.75, 3.05) is 10.8 Å². The molecular weight excluding hydrogens is 534 g/mol. The van der Waals surface area contributed by atoms with Crippen molar-refractivity contribution in [1.82, 2.24) is 10.2 Å². The van der Waals surface area contributed by atoms with E-state index < -0.39 is 34.1 Å². The molecule has 3 rings (SSSR count). The standard InChI is InChI=1S/C30H36ClN3O4S/c1-6-24-14-10-11-18-27(24)34(39(37,38)26-16-8-7-9-17-26)21-28(35)33(20-23-13-12-15-25(31)19-23)22(2)29(36)32-30(3,4)5/h7-19,22H,6,20-21H2,1-5H3,(H,32,36)/t22-/m1/s1. The van der Waals surface area contributed by atoms with Crippen LogP contribution in [-0.4, -0.2) is 43.3 Å². The van der Waals surface area contributed by atoms with Gasteiger partial charge in [0.1, 0.15) is 12.6 Å². The highest BCUT2D eigenvalue weighted by molar-refractivity contribution is 7.92. The fourth-order valence-corrected chi connectivity index (χ4v) is 5.86. The highest BCUT2D eigenvalue weighted by Gasteiger charge is 2.34. The minimum absolute atomic E-state index is 0.0728. The first-order valence-electron chi connectivity index (χ1n) is 12.8. The van der Waals surface area contributed by atoms with E-state index in [9.17, 15) is 18.0 Å². The van der Waals surface area contributed by atoms with Crippen LogP contribution >= 0.6 is 11.6 Å². The molecule has 0 bridgehead atoms. The van der Waals surface area contributed by atoms with Crippen LogP contribution in [-0.2, 0) is 32.6 Å². The molecule has 0 aliphatic carbocycles. The molecule has 0 unspecified atom stereocenters. The van der Waals surface area contributed by atoms with Crippen LogP contribution in [0.3, 0.4) is 0 Å². The van der Waals surface area contributed by atoms with Gasteiger partial charge in [0.2, 0.25) is 11.8 Å². The molecule has 0 saturated carbocycles. The summed E-state index contributed by atoms with van der Waals surface area (Å²) in [6.07, 6.45) is 0.571. The lowest BCUT2D eigenvalue weighted by atomic mass is 10.1. The summed E-state index contributed by atoms with van der Waals surface area (Å²) in [7, 11) is -4.11. The van der Waals surface area contributed by atoms with E-state index >= 15 is 0 Å². The fraction of sp³-hybridized carbons (Fsp3) is 0.333. The van der Waals surface area contributed by atoms with E-state index in [0.717, 1.165) is 15.4 Å². The van der Waals surface area contributed by atoms with E-state index in [0.29, 0.717) is 17.1 Å². The van der Waals surface area contributed by atoms with Crippen LogP contribution in [0.4, 0.5) is 5.69 Å². The normalized spacial score (nSPS) is 12.5. The lowest BCUT2D eigenvalue weighted by molar-refractivity contribution is -0.140. The quantitative estimate of drug-likeness (QED) is 0.353. The number of carbonyl (C=O) groups excluding carboxylic acids is 2. The zero-order valence-electron chi connectivity index (χ0n) is 23.0. The molecule has 1 N–H and O–H groups in total. The predicted octanol–water partition coefficient (Wildman–Crippen LogP) is 5.43. The maximum Gasteiger partial charge on any atom is 0.264 e. The van der Waals surface area contributed by atoms with Gasteiger partial charge in [-0.25, -0.2) is 8.42 Å². The van der Waals surface area contributed by atoms with Gasteiger partial charge < -0.3 is 10.2 Å². The van der Waals surface area contributed by atoms with Gasteiger partial charge >= 0.3 is 0 Å². The van der Waals surface area contributed by atoms with Crippen LogP contribution in [0.15, 0.2) is 83.8 Å². The summed E-state index contributed by atoms with van der Waals surface area (Å²) in [5.74, 6) is -0.860. The number of hydrogen-bond acceptors (Lipinski definition) is 4. The van der Waals surface area contributed by atoms with Gasteiger partial charge in [-0.1, -0.05) is 67.1 Å². The lowest BCUT2D eigenvalue weighted by Gasteiger charge is -2.34. The molecule has 0 radical (unpaired) electrons. The molecule has 9 heteroatoms. The molecule has 0 heterocycles. The first-order valence-corrected chi connectivity index (χ1v) is 14.7. The largest absolute Gasteiger partial charge is 0.350 e. The average Bonchev–Trinajstić information content (AvgIpc) is 2.89. The van der Waals surface area contributed by atoms with E-state index in [4.69, 9.17) is 11.6 Å². The maximum atomic E-state index is 14.0. The van der Waals surface area contributed by atoms with Crippen molar-refractivity contribution in [2.24, 2.45) is 0 Å². The third-order valence-corrected chi connectivity index (χ3v) is 8.17. The van der Waals surface area contributed by atoms with Crippen LogP contribution in [0, 0.1) is 0 Å². The topological polar surface area (TPSA) is 86.8 Å². The van der Waals surface area contributed by atoms with Gasteiger partial charge in [-0.05, 0) is 75.6 Å². The summed E-state index contributed by atoms with van der Waals surface area (Å²) in [5, 5.41) is 3.42. The summed E-state index contributed by atoms with van der Waals surface area (Å²) >= 11 is 6.19. The molecule has 0 spiro atoms. The Bertz CT molecular complexity index is 1400. The number of nitrogens with one attached hydrogen (secondary N) is 1. The molecule has 39 heavy (non-hydrogen) atoms. The van der Waals surface area contributed by atoms with Crippen molar-refractivity contribution in [1.29, 1.82) is 0 Å². The molecule has 208 valence electrons. The number of amides is 2. The number of rotatable bonds is 10. The first-order chi connectivity index (χ1) is 18.3. The van der Waals surface area contributed by atoms with E-state index in [-0.39, 0.29) is 17.3 Å². The summed E-state index contributed by atoms with van der Waals surface area (Å²) in [6.45, 7) is 8.73. The van der Waals surface area contributed by atoms with Crippen LogP contribution in [0.2, 0.25) is 5.02 Å². The molecule has 0 saturated heterocycles. The van der Waals surface area contributed by atoms with Crippen molar-refractivity contribution in [3.8, 4) is 0 Å². The second-order valence-electron chi connectivity index (χ2n) is 10.4. The van der Waals surface area contributed by atoms with Crippen LogP contribution in [0.25, 0.3) is 0 Å². The number of para-hydroxylation sites is 1. The van der Waals surface area contributed by atoms with Crippen LogP contribution in [0.5, 0.6) is 0 Å². The highest BCUT2D eigenvalue weighted by Crippen LogP contribution is 2.28. The number of halogens is 1. The van der Waals surface area contributed by atoms with Gasteiger partial charge in [-0.3, -0.25) is 13.9 Å². The number of benzene rings is 3. The van der Waals surface area contributed by atoms with Gasteiger partial charge in [-0.15, -0.1) is 0 Å². The number of carbonyl (C=O) groups is 2. The van der Waals surface area contributed by atoms with Crippen LogP contribution < -0.4 is 9.62 Å². The van der Waals surface area contributed by atoms with Gasteiger partial charge in [0, 0.05) is 17.1 Å². The molecule has 0 fully saturated rings. The molecule has 1 atom stereocenters. The predicted molar refractivity (Wildman–Crippen MR) is 156 cm³/mol. The minimum atomic E-state index is -4.11. The highest BCUT2D eigenvalue weighted by atomic mass is 35.5. The molecule has 0 aliphatic rings. The summed E-state index contributed by atoms with van der Waals surface area (Å²) in [4.78, 5) is 28.7. The smallest absolute Gasteiger partial charge is 0.264 e. The van der Waals surface area contributed by atoms with Gasteiger partial charge in [0.25, 0.3) is 10.0 Å². The second-order valence-corrected chi connectivity index (χ2v) is 12.7. The number of nitrogens with zero attached hydrogens (tertiary/aromatic N) is 2. The van der Waals surface area contributed by atoms with E-state index in [1.54, 1.807) is 55.5 Å². The van der Waals surface area contributed by atoms with Crippen molar-refractivity contribution in [3.05, 3.63) is 95.0 Å². The molecule has 7 nitrogen and oxygen atoms in total. The first kappa shape index (κ1) is 30.2. The number of sulfonamides is 1. The second kappa shape index (κ2) is 12.7. The molecular formula is C30H36ClN3O4S. The van der Waals surface area contributed by atoms with Crippen molar-refractivity contribution in [3.63, 3.8) is 0 Å². The molecule has 2 amide bonds. The zero-order chi connectivity index (χ0) is 28.8. The zero-order valence-corrected chi connectivity index (χ0v) is 24.6. The Balaban J connectivity index is 2.07. The van der Waals surface area contributed by atoms with E-state index in [1.807, 2.05) is 45.9 Å². The molecule has 3 aromatic carbocycles. The Kier molecular flexibility index (Phi) is 9.80. The Hall–Kier alpha value is -3.36. The third-order valence-electron chi connectivity index (χ3n) is 6.16. The van der Waals surface area contributed by atoms with Gasteiger partial charge in [0.15, 0.2) is 0 Å². The Morgan fingerprint density at radius 3 is 2.21 bits per heavy atom. The SMILES string of the molecule is CCc1ccccc1N(CC(=O)N(Cc1cccc(Cl)c1)[C@H](C)C(=O)NC(C)(C)C)S(=O)(=O)c1ccccc1. The lowest BCUT2D eigenvalue weighted by Crippen LogP contribution is -2.54. The van der Waals surface area contributed by atoms with Crippen molar-refractivity contribution < 1.29 is 18.0 Å². The molecule has 0 aliphatic heterocycles. The third kappa shape index (κ3) is 7.83. The number of aryl methyl sites for hydroxylation is 1. The van der Waals surface area contributed by atoms with E-state index in [2.05, 4.69) is 5.32 Å². The number of hydrogen-bond donors (Lipinski definition) is 1. The Labute approximate surface area is 236 Å².